The van der Waals surface area contributed by atoms with Gasteiger partial charge in [-0.25, -0.2) is 0 Å². The van der Waals surface area contributed by atoms with Gasteiger partial charge in [0.05, 0.1) is 0 Å². The number of carbonyl (C=O) groups is 2. The van der Waals surface area contributed by atoms with Crippen molar-refractivity contribution in [2.24, 2.45) is 0 Å². The molecule has 0 aliphatic rings. The van der Waals surface area contributed by atoms with Crippen LogP contribution in [0.5, 0.6) is 5.75 Å². The van der Waals surface area contributed by atoms with Gasteiger partial charge in [-0.05, 0) is 30.7 Å². The molecular formula is C28H22O3. The average Bonchev–Trinajstić information content (AvgIpc) is 2.83. The van der Waals surface area contributed by atoms with Crippen molar-refractivity contribution >= 4 is 11.6 Å². The summed E-state index contributed by atoms with van der Waals surface area (Å²) in [7, 11) is 0. The number of aryl methyl sites for hydroxylation is 1. The Morgan fingerprint density at radius 3 is 1.90 bits per heavy atom. The first kappa shape index (κ1) is 20.3. The van der Waals surface area contributed by atoms with Gasteiger partial charge in [0, 0.05) is 22.3 Å². The first-order chi connectivity index (χ1) is 15.1. The Morgan fingerprint density at radius 1 is 0.645 bits per heavy atom. The van der Waals surface area contributed by atoms with E-state index in [-0.39, 0.29) is 11.6 Å². The van der Waals surface area contributed by atoms with Crippen molar-refractivity contribution < 1.29 is 14.3 Å². The molecule has 4 rings (SSSR count). The summed E-state index contributed by atoms with van der Waals surface area (Å²) in [6.07, 6.45) is 0. The number of rotatable bonds is 7. The molecule has 3 nitrogen and oxygen atoms in total. The Labute approximate surface area is 181 Å². The highest BCUT2D eigenvalue weighted by Gasteiger charge is 2.20. The Balaban J connectivity index is 1.70. The highest BCUT2D eigenvalue weighted by molar-refractivity contribution is 6.19. The molecule has 0 aliphatic heterocycles. The minimum atomic E-state index is -0.204. The van der Waals surface area contributed by atoms with E-state index in [0.29, 0.717) is 34.6 Å². The minimum absolute atomic E-state index is 0.189. The second-order valence-corrected chi connectivity index (χ2v) is 7.37. The lowest BCUT2D eigenvalue weighted by Crippen LogP contribution is -2.12. The summed E-state index contributed by atoms with van der Waals surface area (Å²) in [5, 5.41) is 0. The Hall–Kier alpha value is -3.98. The maximum atomic E-state index is 13.3. The van der Waals surface area contributed by atoms with E-state index in [2.05, 4.69) is 0 Å². The molecule has 4 aromatic carbocycles. The third-order valence-electron chi connectivity index (χ3n) is 5.08. The molecule has 31 heavy (non-hydrogen) atoms. The lowest BCUT2D eigenvalue weighted by atomic mass is 9.93. The largest absolute Gasteiger partial charge is 0.489 e. The fraction of sp³-hybridized carbons (Fsp3) is 0.0714. The molecule has 0 amide bonds. The van der Waals surface area contributed by atoms with Crippen molar-refractivity contribution in [3.8, 4) is 5.75 Å². The van der Waals surface area contributed by atoms with E-state index in [4.69, 9.17) is 4.74 Å². The highest BCUT2D eigenvalue weighted by atomic mass is 16.5. The van der Waals surface area contributed by atoms with E-state index in [1.165, 1.54) is 0 Å². The second-order valence-electron chi connectivity index (χ2n) is 7.37. The summed E-state index contributed by atoms with van der Waals surface area (Å²) in [4.78, 5) is 26.5. The third kappa shape index (κ3) is 4.78. The van der Waals surface area contributed by atoms with Crippen LogP contribution in [0.1, 0.15) is 43.0 Å². The average molecular weight is 406 g/mol. The Bertz CT molecular complexity index is 1190. The van der Waals surface area contributed by atoms with Crippen molar-refractivity contribution in [1.29, 1.82) is 0 Å². The van der Waals surface area contributed by atoms with Gasteiger partial charge in [-0.3, -0.25) is 9.59 Å². The smallest absolute Gasteiger partial charge is 0.193 e. The predicted molar refractivity (Wildman–Crippen MR) is 122 cm³/mol. The fourth-order valence-electron chi connectivity index (χ4n) is 3.35. The van der Waals surface area contributed by atoms with E-state index < -0.39 is 0 Å². The lowest BCUT2D eigenvalue weighted by molar-refractivity contribution is 0.100. The van der Waals surface area contributed by atoms with Gasteiger partial charge in [0.1, 0.15) is 12.4 Å². The number of hydrogen-bond donors (Lipinski definition) is 0. The standard InChI is InChI=1S/C28H22O3/c1-20-12-14-23(15-13-20)28(30)26-18-24(31-19-21-8-4-2-5-9-21)16-17-25(26)27(29)22-10-6-3-7-11-22/h2-18H,19H2,1H3. The van der Waals surface area contributed by atoms with Gasteiger partial charge in [0.15, 0.2) is 11.6 Å². The minimum Gasteiger partial charge on any atom is -0.489 e. The van der Waals surface area contributed by atoms with Gasteiger partial charge in [0.2, 0.25) is 0 Å². The number of ketones is 2. The lowest BCUT2D eigenvalue weighted by Gasteiger charge is -2.12. The molecule has 0 radical (unpaired) electrons. The first-order valence-electron chi connectivity index (χ1n) is 10.1. The van der Waals surface area contributed by atoms with Crippen molar-refractivity contribution in [3.05, 3.63) is 137 Å². The van der Waals surface area contributed by atoms with Crippen LogP contribution in [0.3, 0.4) is 0 Å². The SMILES string of the molecule is Cc1ccc(C(=O)c2cc(OCc3ccccc3)ccc2C(=O)c2ccccc2)cc1. The molecule has 0 aromatic heterocycles. The van der Waals surface area contributed by atoms with E-state index in [0.717, 1.165) is 11.1 Å². The number of carbonyl (C=O) groups excluding carboxylic acids is 2. The monoisotopic (exact) mass is 406 g/mol. The van der Waals surface area contributed by atoms with Crippen LogP contribution in [0, 0.1) is 6.92 Å². The topological polar surface area (TPSA) is 43.4 Å². The van der Waals surface area contributed by atoms with Crippen LogP contribution in [0.4, 0.5) is 0 Å². The molecule has 0 saturated carbocycles. The van der Waals surface area contributed by atoms with Gasteiger partial charge < -0.3 is 4.74 Å². The normalized spacial score (nSPS) is 10.5. The van der Waals surface area contributed by atoms with Crippen LogP contribution in [-0.2, 0) is 6.61 Å². The molecule has 4 aromatic rings. The van der Waals surface area contributed by atoms with Crippen molar-refractivity contribution in [3.63, 3.8) is 0 Å². The van der Waals surface area contributed by atoms with Crippen LogP contribution >= 0.6 is 0 Å². The maximum Gasteiger partial charge on any atom is 0.193 e. The zero-order chi connectivity index (χ0) is 21.6. The summed E-state index contributed by atoms with van der Waals surface area (Å²) >= 11 is 0. The molecule has 0 bridgehead atoms. The van der Waals surface area contributed by atoms with Crippen LogP contribution in [-0.4, -0.2) is 11.6 Å². The second kappa shape index (κ2) is 9.23. The molecule has 0 atom stereocenters. The summed E-state index contributed by atoms with van der Waals surface area (Å²) in [5.41, 5.74) is 3.87. The Morgan fingerprint density at radius 2 is 1.23 bits per heavy atom. The summed E-state index contributed by atoms with van der Waals surface area (Å²) in [5.74, 6) is 0.152. The van der Waals surface area contributed by atoms with Crippen LogP contribution in [0.2, 0.25) is 0 Å². The molecule has 0 spiro atoms. The molecule has 0 unspecified atom stereocenters. The van der Waals surface area contributed by atoms with E-state index in [9.17, 15) is 9.59 Å². The van der Waals surface area contributed by atoms with E-state index in [1.807, 2.05) is 67.6 Å². The van der Waals surface area contributed by atoms with Crippen molar-refractivity contribution in [1.82, 2.24) is 0 Å². The summed E-state index contributed by atoms with van der Waals surface area (Å²) in [6.45, 7) is 2.35. The predicted octanol–water partition coefficient (Wildman–Crippen LogP) is 6.04. The summed E-state index contributed by atoms with van der Waals surface area (Å²) in [6, 6.07) is 31.2. The van der Waals surface area contributed by atoms with Gasteiger partial charge in [-0.2, -0.15) is 0 Å². The fourth-order valence-corrected chi connectivity index (χ4v) is 3.35. The highest BCUT2D eigenvalue weighted by Crippen LogP contribution is 2.24. The molecular weight excluding hydrogens is 384 g/mol. The quantitative estimate of drug-likeness (QED) is 0.352. The molecule has 3 heteroatoms. The zero-order valence-electron chi connectivity index (χ0n) is 17.2. The van der Waals surface area contributed by atoms with Crippen LogP contribution in [0.15, 0.2) is 103 Å². The van der Waals surface area contributed by atoms with Gasteiger partial charge in [-0.1, -0.05) is 90.5 Å². The van der Waals surface area contributed by atoms with Crippen molar-refractivity contribution in [2.45, 2.75) is 13.5 Å². The molecule has 152 valence electrons. The van der Waals surface area contributed by atoms with E-state index >= 15 is 0 Å². The van der Waals surface area contributed by atoms with Gasteiger partial charge >= 0.3 is 0 Å². The number of hydrogen-bond acceptors (Lipinski definition) is 3. The van der Waals surface area contributed by atoms with Crippen LogP contribution in [0.25, 0.3) is 0 Å². The van der Waals surface area contributed by atoms with Crippen molar-refractivity contribution in [2.75, 3.05) is 0 Å². The zero-order valence-corrected chi connectivity index (χ0v) is 17.2. The molecule has 0 saturated heterocycles. The first-order valence-corrected chi connectivity index (χ1v) is 10.1. The maximum absolute atomic E-state index is 13.3. The molecule has 0 aliphatic carbocycles. The van der Waals surface area contributed by atoms with Gasteiger partial charge in [0.25, 0.3) is 0 Å². The third-order valence-corrected chi connectivity index (χ3v) is 5.08. The van der Waals surface area contributed by atoms with Gasteiger partial charge in [-0.15, -0.1) is 0 Å². The number of benzene rings is 4. The Kier molecular flexibility index (Phi) is 6.04. The molecule has 0 N–H and O–H groups in total. The number of ether oxygens (including phenoxy) is 1. The molecule has 0 fully saturated rings. The summed E-state index contributed by atoms with van der Waals surface area (Å²) < 4.78 is 5.91. The van der Waals surface area contributed by atoms with Crippen LogP contribution < -0.4 is 4.74 Å². The van der Waals surface area contributed by atoms with E-state index in [1.54, 1.807) is 42.5 Å². The molecule has 0 heterocycles.